The fraction of sp³-hybridized carbons (Fsp3) is 0.533. The van der Waals surface area contributed by atoms with Crippen LogP contribution in [0.1, 0.15) is 38.1 Å². The highest BCUT2D eigenvalue weighted by Gasteiger charge is 2.20. The van der Waals surface area contributed by atoms with E-state index < -0.39 is 10.9 Å². The van der Waals surface area contributed by atoms with E-state index in [0.29, 0.717) is 6.61 Å². The van der Waals surface area contributed by atoms with Crippen molar-refractivity contribution in [3.05, 3.63) is 33.9 Å². The number of benzene rings is 1. The fourth-order valence-corrected chi connectivity index (χ4v) is 1.49. The molecule has 0 aromatic heterocycles. The molecular formula is C15H21NO5. The molecule has 0 aliphatic heterocycles. The molecule has 0 saturated carbocycles. The van der Waals surface area contributed by atoms with Gasteiger partial charge in [0.05, 0.1) is 23.7 Å². The Labute approximate surface area is 124 Å². The summed E-state index contributed by atoms with van der Waals surface area (Å²) >= 11 is 0. The third kappa shape index (κ3) is 5.41. The van der Waals surface area contributed by atoms with Crippen molar-refractivity contribution in [2.24, 2.45) is 11.8 Å². The lowest BCUT2D eigenvalue weighted by atomic mass is 10.2. The maximum atomic E-state index is 11.8. The van der Waals surface area contributed by atoms with Crippen LogP contribution in [-0.2, 0) is 4.74 Å². The number of esters is 1. The van der Waals surface area contributed by atoms with Crippen molar-refractivity contribution in [1.82, 2.24) is 0 Å². The zero-order chi connectivity index (χ0) is 16.0. The highest BCUT2D eigenvalue weighted by Crippen LogP contribution is 2.28. The molecule has 0 aliphatic carbocycles. The van der Waals surface area contributed by atoms with Crippen LogP contribution < -0.4 is 4.74 Å². The Morgan fingerprint density at radius 3 is 2.33 bits per heavy atom. The molecule has 0 saturated heterocycles. The lowest BCUT2D eigenvalue weighted by Gasteiger charge is -2.10. The molecule has 0 fully saturated rings. The Morgan fingerprint density at radius 2 is 1.81 bits per heavy atom. The number of hydrogen-bond donors (Lipinski definition) is 0. The van der Waals surface area contributed by atoms with E-state index in [4.69, 9.17) is 9.47 Å². The summed E-state index contributed by atoms with van der Waals surface area (Å²) in [5, 5.41) is 11.1. The third-order valence-electron chi connectivity index (χ3n) is 2.51. The van der Waals surface area contributed by atoms with Crippen LogP contribution in [0.3, 0.4) is 0 Å². The summed E-state index contributed by atoms with van der Waals surface area (Å²) in [4.78, 5) is 22.3. The number of carbonyl (C=O) groups excluding carboxylic acids is 1. The van der Waals surface area contributed by atoms with E-state index in [9.17, 15) is 14.9 Å². The molecule has 0 amide bonds. The molecule has 0 radical (unpaired) electrons. The number of carbonyl (C=O) groups is 1. The summed E-state index contributed by atoms with van der Waals surface area (Å²) in [6, 6.07) is 4.11. The van der Waals surface area contributed by atoms with Crippen molar-refractivity contribution in [3.8, 4) is 5.75 Å². The molecule has 6 nitrogen and oxygen atoms in total. The highest BCUT2D eigenvalue weighted by atomic mass is 16.6. The van der Waals surface area contributed by atoms with Crippen LogP contribution in [-0.4, -0.2) is 24.1 Å². The second kappa shape index (κ2) is 7.61. The van der Waals surface area contributed by atoms with Crippen molar-refractivity contribution >= 4 is 11.7 Å². The van der Waals surface area contributed by atoms with Crippen LogP contribution in [0.2, 0.25) is 0 Å². The maximum absolute atomic E-state index is 11.8. The van der Waals surface area contributed by atoms with Crippen molar-refractivity contribution in [2.45, 2.75) is 27.7 Å². The average Bonchev–Trinajstić information content (AvgIpc) is 2.42. The number of nitrogens with zero attached hydrogens (tertiary/aromatic N) is 1. The Bertz CT molecular complexity index is 511. The van der Waals surface area contributed by atoms with Gasteiger partial charge < -0.3 is 9.47 Å². The smallest absolute Gasteiger partial charge is 0.338 e. The fourth-order valence-electron chi connectivity index (χ4n) is 1.49. The summed E-state index contributed by atoms with van der Waals surface area (Å²) in [7, 11) is 0. The summed E-state index contributed by atoms with van der Waals surface area (Å²) in [6.07, 6.45) is 0. The topological polar surface area (TPSA) is 78.7 Å². The molecule has 0 heterocycles. The standard InChI is InChI=1S/C15H21NO5/c1-10(2)8-20-14-6-5-12(7-13(14)16(18)19)15(17)21-9-11(3)4/h5-7,10-11H,8-9H2,1-4H3. The molecule has 0 unspecified atom stereocenters. The van der Waals surface area contributed by atoms with Gasteiger partial charge in [-0.3, -0.25) is 10.1 Å². The minimum atomic E-state index is -0.567. The number of ether oxygens (including phenoxy) is 2. The van der Waals surface area contributed by atoms with Crippen molar-refractivity contribution in [2.75, 3.05) is 13.2 Å². The molecule has 116 valence electrons. The Hall–Kier alpha value is -2.11. The summed E-state index contributed by atoms with van der Waals surface area (Å²) < 4.78 is 10.5. The van der Waals surface area contributed by atoms with Gasteiger partial charge in [0, 0.05) is 6.07 Å². The summed E-state index contributed by atoms with van der Waals surface area (Å²) in [6.45, 7) is 8.38. The lowest BCUT2D eigenvalue weighted by Crippen LogP contribution is -2.11. The van der Waals surface area contributed by atoms with Gasteiger partial charge in [-0.1, -0.05) is 27.7 Å². The molecule has 0 spiro atoms. The van der Waals surface area contributed by atoms with Gasteiger partial charge in [0.15, 0.2) is 5.75 Å². The van der Waals surface area contributed by atoms with Crippen LogP contribution in [0.5, 0.6) is 5.75 Å². The van der Waals surface area contributed by atoms with Crippen LogP contribution in [0, 0.1) is 22.0 Å². The summed E-state index contributed by atoms with van der Waals surface area (Å²) in [5.41, 5.74) is -0.0751. The summed E-state index contributed by atoms with van der Waals surface area (Å²) in [5.74, 6) is 0.0502. The van der Waals surface area contributed by atoms with Gasteiger partial charge in [0.1, 0.15) is 0 Å². The maximum Gasteiger partial charge on any atom is 0.338 e. The van der Waals surface area contributed by atoms with E-state index in [1.54, 1.807) is 0 Å². The van der Waals surface area contributed by atoms with Gasteiger partial charge in [-0.05, 0) is 24.0 Å². The molecule has 0 atom stereocenters. The molecule has 6 heteroatoms. The van der Waals surface area contributed by atoms with Crippen LogP contribution in [0.4, 0.5) is 5.69 Å². The van der Waals surface area contributed by atoms with E-state index in [1.165, 1.54) is 18.2 Å². The largest absolute Gasteiger partial charge is 0.487 e. The molecule has 1 aromatic rings. The van der Waals surface area contributed by atoms with E-state index >= 15 is 0 Å². The normalized spacial score (nSPS) is 10.8. The average molecular weight is 295 g/mol. The van der Waals surface area contributed by atoms with E-state index in [-0.39, 0.29) is 35.4 Å². The van der Waals surface area contributed by atoms with E-state index in [0.717, 1.165) is 0 Å². The molecule has 0 bridgehead atoms. The van der Waals surface area contributed by atoms with E-state index in [2.05, 4.69) is 0 Å². The molecule has 0 N–H and O–H groups in total. The van der Waals surface area contributed by atoms with Gasteiger partial charge >= 0.3 is 11.7 Å². The number of nitro benzene ring substituents is 1. The Kier molecular flexibility index (Phi) is 6.14. The van der Waals surface area contributed by atoms with E-state index in [1.807, 2.05) is 27.7 Å². The second-order valence-electron chi connectivity index (χ2n) is 5.64. The van der Waals surface area contributed by atoms with Gasteiger partial charge in [-0.25, -0.2) is 4.79 Å². The first-order chi connectivity index (χ1) is 9.81. The zero-order valence-corrected chi connectivity index (χ0v) is 12.8. The minimum absolute atomic E-state index is 0.152. The molecule has 21 heavy (non-hydrogen) atoms. The zero-order valence-electron chi connectivity index (χ0n) is 12.8. The van der Waals surface area contributed by atoms with Gasteiger partial charge in [0.2, 0.25) is 0 Å². The van der Waals surface area contributed by atoms with Crippen LogP contribution in [0.25, 0.3) is 0 Å². The van der Waals surface area contributed by atoms with Crippen molar-refractivity contribution < 1.29 is 19.2 Å². The van der Waals surface area contributed by atoms with Gasteiger partial charge in [0.25, 0.3) is 0 Å². The highest BCUT2D eigenvalue weighted by molar-refractivity contribution is 5.90. The predicted octanol–water partition coefficient (Wildman–Crippen LogP) is 3.44. The second-order valence-corrected chi connectivity index (χ2v) is 5.64. The predicted molar refractivity (Wildman–Crippen MR) is 78.5 cm³/mol. The van der Waals surface area contributed by atoms with Crippen LogP contribution >= 0.6 is 0 Å². The Morgan fingerprint density at radius 1 is 1.19 bits per heavy atom. The number of nitro groups is 1. The Balaban J connectivity index is 2.92. The molecule has 1 aromatic carbocycles. The first-order valence-electron chi connectivity index (χ1n) is 6.89. The molecule has 1 rings (SSSR count). The van der Waals surface area contributed by atoms with Gasteiger partial charge in [-0.2, -0.15) is 0 Å². The third-order valence-corrected chi connectivity index (χ3v) is 2.51. The van der Waals surface area contributed by atoms with Crippen molar-refractivity contribution in [3.63, 3.8) is 0 Å². The lowest BCUT2D eigenvalue weighted by molar-refractivity contribution is -0.385. The minimum Gasteiger partial charge on any atom is -0.487 e. The van der Waals surface area contributed by atoms with Crippen LogP contribution in [0.15, 0.2) is 18.2 Å². The van der Waals surface area contributed by atoms with Crippen molar-refractivity contribution in [1.29, 1.82) is 0 Å². The SMILES string of the molecule is CC(C)COC(=O)c1ccc(OCC(C)C)c([N+](=O)[O-])c1. The number of rotatable bonds is 7. The number of hydrogen-bond acceptors (Lipinski definition) is 5. The first-order valence-corrected chi connectivity index (χ1v) is 6.89. The molecule has 0 aliphatic rings. The quantitative estimate of drug-likeness (QED) is 0.437. The van der Waals surface area contributed by atoms with Gasteiger partial charge in [-0.15, -0.1) is 0 Å². The first kappa shape index (κ1) is 16.9. The molecular weight excluding hydrogens is 274 g/mol. The monoisotopic (exact) mass is 295 g/mol.